The topological polar surface area (TPSA) is 71.1 Å². The average Bonchev–Trinajstić information content (AvgIpc) is 2.80. The third kappa shape index (κ3) is 12.2. The van der Waals surface area contributed by atoms with Crippen LogP contribution in [0, 0.1) is 0 Å². The molecule has 0 aliphatic heterocycles. The fourth-order valence-electron chi connectivity index (χ4n) is 3.08. The molecule has 0 heterocycles. The van der Waals surface area contributed by atoms with Crippen LogP contribution in [0.2, 0.25) is 0 Å². The van der Waals surface area contributed by atoms with E-state index in [1.807, 2.05) is 0 Å². The molecule has 1 aromatic rings. The Labute approximate surface area is 192 Å². The van der Waals surface area contributed by atoms with Gasteiger partial charge in [0.1, 0.15) is 11.5 Å². The number of carbonyl (C=O) groups excluding carboxylic acids is 2. The van der Waals surface area contributed by atoms with Crippen molar-refractivity contribution in [2.45, 2.75) is 64.7 Å². The SMILES string of the molecule is C=C(C)C(=O)OCCCCCCCCCCCOC(=O)C=Cc1cc(OC)ccc1OC. The van der Waals surface area contributed by atoms with Gasteiger partial charge in [-0.15, -0.1) is 0 Å². The van der Waals surface area contributed by atoms with Crippen LogP contribution < -0.4 is 9.47 Å². The van der Waals surface area contributed by atoms with E-state index in [0.717, 1.165) is 44.1 Å². The number of esters is 2. The first kappa shape index (κ1) is 27.3. The number of carbonyl (C=O) groups is 2. The van der Waals surface area contributed by atoms with Gasteiger partial charge in [-0.3, -0.25) is 0 Å². The molecule has 0 atom stereocenters. The van der Waals surface area contributed by atoms with E-state index in [9.17, 15) is 9.59 Å². The summed E-state index contributed by atoms with van der Waals surface area (Å²) in [5.74, 6) is 0.705. The number of hydrogen-bond donors (Lipinski definition) is 0. The normalized spacial score (nSPS) is 10.7. The van der Waals surface area contributed by atoms with Gasteiger partial charge >= 0.3 is 11.9 Å². The van der Waals surface area contributed by atoms with Crippen molar-refractivity contribution in [3.8, 4) is 11.5 Å². The zero-order chi connectivity index (χ0) is 23.6. The summed E-state index contributed by atoms with van der Waals surface area (Å²) >= 11 is 0. The number of methoxy groups -OCH3 is 2. The lowest BCUT2D eigenvalue weighted by atomic mass is 10.1. The molecule has 178 valence electrons. The highest BCUT2D eigenvalue weighted by molar-refractivity contribution is 5.87. The first-order chi connectivity index (χ1) is 15.5. The summed E-state index contributed by atoms with van der Waals surface area (Å²) in [7, 11) is 3.18. The smallest absolute Gasteiger partial charge is 0.333 e. The molecule has 0 aromatic heterocycles. The standard InChI is InChI=1S/C26H38O6/c1-21(2)26(28)32-19-13-11-9-7-5-6-8-10-12-18-31-25(27)17-14-22-20-23(29-3)15-16-24(22)30-4/h14-17,20H,1,5-13,18-19H2,2-4H3. The lowest BCUT2D eigenvalue weighted by molar-refractivity contribution is -0.139. The van der Waals surface area contributed by atoms with Crippen LogP contribution in [0.3, 0.4) is 0 Å². The highest BCUT2D eigenvalue weighted by Crippen LogP contribution is 2.25. The monoisotopic (exact) mass is 446 g/mol. The van der Waals surface area contributed by atoms with Crippen molar-refractivity contribution in [2.75, 3.05) is 27.4 Å². The van der Waals surface area contributed by atoms with Crippen LogP contribution in [-0.4, -0.2) is 39.4 Å². The van der Waals surface area contributed by atoms with E-state index >= 15 is 0 Å². The van der Waals surface area contributed by atoms with Crippen molar-refractivity contribution >= 4 is 18.0 Å². The second-order valence-electron chi connectivity index (χ2n) is 7.71. The Hall–Kier alpha value is -2.76. The van der Waals surface area contributed by atoms with E-state index in [1.165, 1.54) is 25.3 Å². The molecule has 0 unspecified atom stereocenters. The Bertz CT molecular complexity index is 738. The Kier molecular flexibility index (Phi) is 14.4. The molecule has 0 fully saturated rings. The van der Waals surface area contributed by atoms with E-state index < -0.39 is 0 Å². The number of hydrogen-bond acceptors (Lipinski definition) is 6. The van der Waals surface area contributed by atoms with Gasteiger partial charge in [-0.1, -0.05) is 51.5 Å². The Morgan fingerprint density at radius 3 is 1.94 bits per heavy atom. The Morgan fingerprint density at radius 1 is 0.844 bits per heavy atom. The van der Waals surface area contributed by atoms with Crippen LogP contribution >= 0.6 is 0 Å². The summed E-state index contributed by atoms with van der Waals surface area (Å²) < 4.78 is 20.8. The van der Waals surface area contributed by atoms with Gasteiger partial charge in [-0.2, -0.15) is 0 Å². The fraction of sp³-hybridized carbons (Fsp3) is 0.538. The van der Waals surface area contributed by atoms with Crippen molar-refractivity contribution < 1.29 is 28.5 Å². The van der Waals surface area contributed by atoms with Crippen molar-refractivity contribution in [1.29, 1.82) is 0 Å². The molecule has 0 aliphatic carbocycles. The Morgan fingerprint density at radius 2 is 1.41 bits per heavy atom. The third-order valence-corrected chi connectivity index (χ3v) is 4.95. The molecule has 0 radical (unpaired) electrons. The quantitative estimate of drug-likeness (QED) is 0.169. The summed E-state index contributed by atoms with van der Waals surface area (Å²) in [6.45, 7) is 6.13. The molecule has 0 spiro atoms. The number of benzene rings is 1. The molecule has 6 heteroatoms. The van der Waals surface area contributed by atoms with Crippen molar-refractivity contribution in [3.63, 3.8) is 0 Å². The van der Waals surface area contributed by atoms with E-state index in [1.54, 1.807) is 45.4 Å². The minimum Gasteiger partial charge on any atom is -0.497 e. The zero-order valence-electron chi connectivity index (χ0n) is 19.8. The first-order valence-electron chi connectivity index (χ1n) is 11.4. The molecule has 0 bridgehead atoms. The summed E-state index contributed by atoms with van der Waals surface area (Å²) in [5.41, 5.74) is 1.21. The second kappa shape index (κ2) is 16.9. The second-order valence-corrected chi connectivity index (χ2v) is 7.71. The van der Waals surface area contributed by atoms with Crippen LogP contribution in [0.5, 0.6) is 11.5 Å². The van der Waals surface area contributed by atoms with Gasteiger partial charge in [0.05, 0.1) is 27.4 Å². The fourth-order valence-corrected chi connectivity index (χ4v) is 3.08. The van der Waals surface area contributed by atoms with Crippen molar-refractivity contribution in [1.82, 2.24) is 0 Å². The van der Waals surface area contributed by atoms with Crippen LogP contribution in [0.4, 0.5) is 0 Å². The lowest BCUT2D eigenvalue weighted by Gasteiger charge is -2.07. The van der Waals surface area contributed by atoms with E-state index in [2.05, 4.69) is 6.58 Å². The molecule has 0 N–H and O–H groups in total. The maximum atomic E-state index is 11.9. The summed E-state index contributed by atoms with van der Waals surface area (Å²) in [6, 6.07) is 5.41. The minimum absolute atomic E-state index is 0.302. The third-order valence-electron chi connectivity index (χ3n) is 4.95. The zero-order valence-corrected chi connectivity index (χ0v) is 19.8. The van der Waals surface area contributed by atoms with Crippen LogP contribution in [0.25, 0.3) is 6.08 Å². The van der Waals surface area contributed by atoms with Crippen LogP contribution in [0.1, 0.15) is 70.3 Å². The minimum atomic E-state index is -0.358. The van der Waals surface area contributed by atoms with Gasteiger partial charge in [-0.05, 0) is 44.0 Å². The van der Waals surface area contributed by atoms with Gasteiger partial charge < -0.3 is 18.9 Å². The van der Waals surface area contributed by atoms with Gasteiger partial charge in [0.15, 0.2) is 0 Å². The first-order valence-corrected chi connectivity index (χ1v) is 11.4. The molecule has 6 nitrogen and oxygen atoms in total. The molecule has 0 saturated heterocycles. The summed E-state index contributed by atoms with van der Waals surface area (Å²) in [4.78, 5) is 23.1. The van der Waals surface area contributed by atoms with E-state index in [4.69, 9.17) is 18.9 Å². The molecular formula is C26H38O6. The maximum absolute atomic E-state index is 11.9. The highest BCUT2D eigenvalue weighted by atomic mass is 16.5. The lowest BCUT2D eigenvalue weighted by Crippen LogP contribution is -2.05. The molecule has 0 saturated carbocycles. The molecule has 0 amide bonds. The van der Waals surface area contributed by atoms with Crippen molar-refractivity contribution in [3.05, 3.63) is 42.0 Å². The van der Waals surface area contributed by atoms with Crippen molar-refractivity contribution in [2.24, 2.45) is 0 Å². The number of rotatable bonds is 17. The van der Waals surface area contributed by atoms with Crippen LogP contribution in [0.15, 0.2) is 36.4 Å². The molecular weight excluding hydrogens is 408 g/mol. The van der Waals surface area contributed by atoms with Gasteiger partial charge in [0.25, 0.3) is 0 Å². The van der Waals surface area contributed by atoms with Gasteiger partial charge in [0, 0.05) is 17.2 Å². The van der Waals surface area contributed by atoms with Crippen LogP contribution in [-0.2, 0) is 19.1 Å². The summed E-state index contributed by atoms with van der Waals surface area (Å²) in [6.07, 6.45) is 12.9. The molecule has 1 rings (SSSR count). The molecule has 0 aliphatic rings. The number of unbranched alkanes of at least 4 members (excludes halogenated alkanes) is 8. The molecule has 1 aromatic carbocycles. The maximum Gasteiger partial charge on any atom is 0.333 e. The average molecular weight is 447 g/mol. The molecule has 32 heavy (non-hydrogen) atoms. The predicted molar refractivity (Wildman–Crippen MR) is 127 cm³/mol. The summed E-state index contributed by atoms with van der Waals surface area (Å²) in [5, 5.41) is 0. The predicted octanol–water partition coefficient (Wildman–Crippen LogP) is 5.89. The van der Waals surface area contributed by atoms with E-state index in [-0.39, 0.29) is 11.9 Å². The Balaban J connectivity index is 2.02. The van der Waals surface area contributed by atoms with Gasteiger partial charge in [-0.25, -0.2) is 9.59 Å². The highest BCUT2D eigenvalue weighted by Gasteiger charge is 2.04. The number of ether oxygens (including phenoxy) is 4. The van der Waals surface area contributed by atoms with Gasteiger partial charge in [0.2, 0.25) is 0 Å². The largest absolute Gasteiger partial charge is 0.497 e. The van der Waals surface area contributed by atoms with E-state index in [0.29, 0.717) is 30.3 Å².